The van der Waals surface area contributed by atoms with Gasteiger partial charge in [-0.3, -0.25) is 14.4 Å². The fourth-order valence-corrected chi connectivity index (χ4v) is 4.41. The predicted molar refractivity (Wildman–Crippen MR) is 131 cm³/mol. The summed E-state index contributed by atoms with van der Waals surface area (Å²) in [6.45, 7) is 0.448. The molecule has 0 unspecified atom stereocenters. The smallest absolute Gasteiger partial charge is 0.303 e. The van der Waals surface area contributed by atoms with Crippen molar-refractivity contribution in [3.63, 3.8) is 0 Å². The van der Waals surface area contributed by atoms with E-state index in [9.17, 15) is 14.4 Å². The van der Waals surface area contributed by atoms with Gasteiger partial charge in [0, 0.05) is 18.5 Å². The average Bonchev–Trinajstić information content (AvgIpc) is 3.23. The van der Waals surface area contributed by atoms with E-state index in [0.717, 1.165) is 35.1 Å². The number of fused-ring (bicyclic) bond motifs is 3. The van der Waals surface area contributed by atoms with Crippen LogP contribution in [0.3, 0.4) is 0 Å². The van der Waals surface area contributed by atoms with Crippen LogP contribution in [-0.2, 0) is 22.4 Å². The number of hydrogen-bond acceptors (Lipinski definition) is 3. The minimum absolute atomic E-state index is 0.0286. The molecular formula is C28H28N2O4. The molecule has 4 rings (SSSR count). The molecule has 0 heterocycles. The number of aliphatic carboxylic acids is 1. The van der Waals surface area contributed by atoms with Crippen molar-refractivity contribution < 1.29 is 19.5 Å². The molecule has 3 aromatic rings. The Labute approximate surface area is 199 Å². The number of aryl methyl sites for hydroxylation is 1. The topological polar surface area (TPSA) is 95.5 Å². The van der Waals surface area contributed by atoms with Gasteiger partial charge in [0.2, 0.25) is 5.91 Å². The Morgan fingerprint density at radius 2 is 1.62 bits per heavy atom. The minimum Gasteiger partial charge on any atom is -0.481 e. The van der Waals surface area contributed by atoms with Crippen LogP contribution >= 0.6 is 0 Å². The summed E-state index contributed by atoms with van der Waals surface area (Å²) in [5.74, 6) is -1.73. The molecule has 1 aliphatic rings. The van der Waals surface area contributed by atoms with E-state index in [1.807, 2.05) is 60.7 Å². The summed E-state index contributed by atoms with van der Waals surface area (Å²) in [5.41, 5.74) is 5.94. The Morgan fingerprint density at radius 1 is 0.882 bits per heavy atom. The van der Waals surface area contributed by atoms with E-state index in [4.69, 9.17) is 5.11 Å². The number of amides is 2. The van der Waals surface area contributed by atoms with Crippen LogP contribution < -0.4 is 10.6 Å². The van der Waals surface area contributed by atoms with Crippen LogP contribution in [0.1, 0.15) is 46.3 Å². The highest BCUT2D eigenvalue weighted by atomic mass is 16.4. The van der Waals surface area contributed by atoms with Crippen LogP contribution in [-0.4, -0.2) is 35.5 Å². The fraction of sp³-hybridized carbons (Fsp3) is 0.250. The predicted octanol–water partition coefficient (Wildman–Crippen LogP) is 3.97. The zero-order valence-corrected chi connectivity index (χ0v) is 18.9. The summed E-state index contributed by atoms with van der Waals surface area (Å²) in [4.78, 5) is 37.2. The molecule has 174 valence electrons. The van der Waals surface area contributed by atoms with Crippen molar-refractivity contribution in [1.82, 2.24) is 10.6 Å². The normalized spacial score (nSPS) is 12.4. The lowest BCUT2D eigenvalue weighted by Crippen LogP contribution is -2.47. The van der Waals surface area contributed by atoms with Crippen molar-refractivity contribution >= 4 is 17.8 Å². The maximum atomic E-state index is 13.2. The Hall–Kier alpha value is -3.93. The number of rotatable bonds is 10. The lowest BCUT2D eigenvalue weighted by Gasteiger charge is -2.19. The molecule has 0 saturated carbocycles. The second kappa shape index (κ2) is 10.8. The van der Waals surface area contributed by atoms with E-state index in [-0.39, 0.29) is 24.7 Å². The maximum Gasteiger partial charge on any atom is 0.303 e. The second-order valence-electron chi connectivity index (χ2n) is 8.50. The first-order valence-corrected chi connectivity index (χ1v) is 11.6. The van der Waals surface area contributed by atoms with Gasteiger partial charge in [-0.1, -0.05) is 66.7 Å². The van der Waals surface area contributed by atoms with E-state index in [1.54, 1.807) is 6.07 Å². The summed E-state index contributed by atoms with van der Waals surface area (Å²) < 4.78 is 0. The maximum absolute atomic E-state index is 13.2. The summed E-state index contributed by atoms with van der Waals surface area (Å²) in [7, 11) is 0. The monoisotopic (exact) mass is 456 g/mol. The largest absolute Gasteiger partial charge is 0.481 e. The molecule has 0 radical (unpaired) electrons. The molecule has 0 aromatic heterocycles. The third-order valence-corrected chi connectivity index (χ3v) is 6.15. The van der Waals surface area contributed by atoms with Gasteiger partial charge in [-0.2, -0.15) is 0 Å². The zero-order valence-electron chi connectivity index (χ0n) is 18.9. The molecule has 6 nitrogen and oxygen atoms in total. The Balaban J connectivity index is 1.41. The van der Waals surface area contributed by atoms with E-state index < -0.39 is 12.0 Å². The first kappa shape index (κ1) is 23.2. The third-order valence-electron chi connectivity index (χ3n) is 6.15. The molecule has 0 spiro atoms. The molecule has 6 heteroatoms. The van der Waals surface area contributed by atoms with Gasteiger partial charge >= 0.3 is 5.97 Å². The first-order valence-electron chi connectivity index (χ1n) is 11.6. The van der Waals surface area contributed by atoms with Crippen LogP contribution in [0.15, 0.2) is 72.8 Å². The van der Waals surface area contributed by atoms with Gasteiger partial charge in [-0.05, 0) is 59.6 Å². The van der Waals surface area contributed by atoms with Crippen LogP contribution in [0.2, 0.25) is 0 Å². The molecule has 1 atom stereocenters. The highest BCUT2D eigenvalue weighted by molar-refractivity contribution is 6.01. The van der Waals surface area contributed by atoms with Crippen molar-refractivity contribution in [1.29, 1.82) is 0 Å². The number of benzene rings is 3. The van der Waals surface area contributed by atoms with Gasteiger partial charge in [-0.25, -0.2) is 0 Å². The van der Waals surface area contributed by atoms with Gasteiger partial charge in [0.25, 0.3) is 5.91 Å². The number of nitrogens with one attached hydrogen (secondary N) is 2. The number of carbonyl (C=O) groups is 3. The van der Waals surface area contributed by atoms with E-state index in [0.29, 0.717) is 18.5 Å². The van der Waals surface area contributed by atoms with Gasteiger partial charge in [0.05, 0.1) is 0 Å². The van der Waals surface area contributed by atoms with Crippen LogP contribution in [0.25, 0.3) is 11.1 Å². The summed E-state index contributed by atoms with van der Waals surface area (Å²) in [6.07, 6.45) is 2.05. The quantitative estimate of drug-likeness (QED) is 0.315. The van der Waals surface area contributed by atoms with Crippen LogP contribution in [0, 0.1) is 0 Å². The molecule has 0 bridgehead atoms. The number of carbonyl (C=O) groups excluding carboxylic acids is 2. The van der Waals surface area contributed by atoms with Gasteiger partial charge in [-0.15, -0.1) is 0 Å². The highest BCUT2D eigenvalue weighted by Gasteiger charge is 2.26. The SMILES string of the molecule is O=C(O)CC[C@H](NC(=O)c1cccc2c1Cc1ccccc1-2)C(=O)NCCCc1ccccc1. The van der Waals surface area contributed by atoms with Crippen molar-refractivity contribution in [2.24, 2.45) is 0 Å². The Morgan fingerprint density at radius 3 is 2.41 bits per heavy atom. The summed E-state index contributed by atoms with van der Waals surface area (Å²) in [5, 5.41) is 14.8. The Bertz CT molecular complexity index is 1190. The molecule has 3 aromatic carbocycles. The van der Waals surface area contributed by atoms with Crippen molar-refractivity contribution in [2.75, 3.05) is 6.54 Å². The molecule has 3 N–H and O–H groups in total. The molecule has 1 aliphatic carbocycles. The highest BCUT2D eigenvalue weighted by Crippen LogP contribution is 2.38. The average molecular weight is 457 g/mol. The van der Waals surface area contributed by atoms with Gasteiger partial charge in [0.15, 0.2) is 0 Å². The lowest BCUT2D eigenvalue weighted by molar-refractivity contribution is -0.137. The van der Waals surface area contributed by atoms with Gasteiger partial charge in [0.1, 0.15) is 6.04 Å². The first-order chi connectivity index (χ1) is 16.5. The molecule has 34 heavy (non-hydrogen) atoms. The standard InChI is InChI=1S/C28H28N2O4/c31-26(32)16-15-25(28(34)29-17-7-10-19-8-2-1-3-9-19)30-27(33)23-14-6-13-22-21-12-5-4-11-20(21)18-24(22)23/h1-6,8-9,11-14,25H,7,10,15-18H2,(H,29,34)(H,30,33)(H,31,32)/t25-/m0/s1. The van der Waals surface area contributed by atoms with Crippen molar-refractivity contribution in [3.8, 4) is 11.1 Å². The van der Waals surface area contributed by atoms with Crippen LogP contribution in [0.5, 0.6) is 0 Å². The summed E-state index contributed by atoms with van der Waals surface area (Å²) in [6, 6.07) is 22.7. The molecule has 2 amide bonds. The van der Waals surface area contributed by atoms with Crippen LogP contribution in [0.4, 0.5) is 0 Å². The molecule has 0 fully saturated rings. The molecule has 0 saturated heterocycles. The lowest BCUT2D eigenvalue weighted by atomic mass is 10.00. The number of carboxylic acid groups (broad SMARTS) is 1. The number of hydrogen-bond donors (Lipinski definition) is 3. The molecule has 0 aliphatic heterocycles. The number of carboxylic acids is 1. The van der Waals surface area contributed by atoms with E-state index in [1.165, 1.54) is 5.56 Å². The van der Waals surface area contributed by atoms with Gasteiger partial charge < -0.3 is 15.7 Å². The Kier molecular flexibility index (Phi) is 7.38. The molecular weight excluding hydrogens is 428 g/mol. The van der Waals surface area contributed by atoms with Crippen molar-refractivity contribution in [3.05, 3.63) is 95.1 Å². The van der Waals surface area contributed by atoms with E-state index in [2.05, 4.69) is 16.7 Å². The zero-order chi connectivity index (χ0) is 23.9. The second-order valence-corrected chi connectivity index (χ2v) is 8.50. The summed E-state index contributed by atoms with van der Waals surface area (Å²) >= 11 is 0. The third kappa shape index (κ3) is 5.52. The van der Waals surface area contributed by atoms with Crippen molar-refractivity contribution in [2.45, 2.75) is 38.1 Å². The fourth-order valence-electron chi connectivity index (χ4n) is 4.41. The van der Waals surface area contributed by atoms with E-state index >= 15 is 0 Å². The minimum atomic E-state index is -1.01.